The molecule has 2 N–H and O–H groups in total. The first kappa shape index (κ1) is 13.8. The Balaban J connectivity index is 2.44. The molecule has 1 atom stereocenters. The van der Waals surface area contributed by atoms with Crippen molar-refractivity contribution in [3.05, 3.63) is 0 Å². The number of hydrogen-bond acceptors (Lipinski definition) is 3. The Morgan fingerprint density at radius 1 is 1.41 bits per heavy atom. The van der Waals surface area contributed by atoms with Crippen LogP contribution in [-0.2, 0) is 9.53 Å². The van der Waals surface area contributed by atoms with Gasteiger partial charge in [0.05, 0.1) is 12.5 Å². The molecule has 98 valence electrons. The Morgan fingerprint density at radius 2 is 2.06 bits per heavy atom. The first-order chi connectivity index (χ1) is 7.79. The predicted molar refractivity (Wildman–Crippen MR) is 64.3 cm³/mol. The zero-order valence-corrected chi connectivity index (χ0v) is 10.9. The predicted octanol–water partition coefficient (Wildman–Crippen LogP) is 1.37. The largest absolute Gasteiger partial charge is 0.465 e. The van der Waals surface area contributed by atoms with Gasteiger partial charge in [0.2, 0.25) is 0 Å². The van der Waals surface area contributed by atoms with E-state index in [1.165, 1.54) is 4.90 Å². The highest BCUT2D eigenvalue weighted by Crippen LogP contribution is 2.20. The summed E-state index contributed by atoms with van der Waals surface area (Å²) < 4.78 is 5.26. The molecule has 0 unspecified atom stereocenters. The van der Waals surface area contributed by atoms with E-state index in [9.17, 15) is 9.59 Å². The van der Waals surface area contributed by atoms with Crippen molar-refractivity contribution in [2.45, 2.75) is 33.6 Å². The number of carbonyl (C=O) groups excluding carboxylic acids is 2. The first-order valence-corrected chi connectivity index (χ1v) is 6.00. The highest BCUT2D eigenvalue weighted by atomic mass is 16.5. The van der Waals surface area contributed by atoms with Gasteiger partial charge in [0.25, 0.3) is 0 Å². The molecular formula is C12H22N2O3. The molecule has 0 radical (unpaired) electrons. The topological polar surface area (TPSA) is 72.6 Å². The van der Waals surface area contributed by atoms with Crippen molar-refractivity contribution < 1.29 is 14.3 Å². The molecule has 2 amide bonds. The third kappa shape index (κ3) is 4.63. The van der Waals surface area contributed by atoms with Crippen LogP contribution in [-0.4, -0.2) is 36.6 Å². The molecule has 1 saturated heterocycles. The van der Waals surface area contributed by atoms with E-state index in [1.807, 2.05) is 20.8 Å². The van der Waals surface area contributed by atoms with Crippen LogP contribution in [0.15, 0.2) is 0 Å². The lowest BCUT2D eigenvalue weighted by Gasteiger charge is -2.30. The van der Waals surface area contributed by atoms with Crippen molar-refractivity contribution in [1.82, 2.24) is 4.90 Å². The highest BCUT2D eigenvalue weighted by molar-refractivity contribution is 5.76. The molecule has 0 saturated carbocycles. The molecule has 0 aliphatic carbocycles. The van der Waals surface area contributed by atoms with Gasteiger partial charge >= 0.3 is 12.0 Å². The summed E-state index contributed by atoms with van der Waals surface area (Å²) >= 11 is 0. The second-order valence-electron chi connectivity index (χ2n) is 5.79. The maximum atomic E-state index is 11.8. The van der Waals surface area contributed by atoms with E-state index < -0.39 is 6.03 Å². The zero-order chi connectivity index (χ0) is 13.1. The van der Waals surface area contributed by atoms with Crippen LogP contribution in [0.3, 0.4) is 0 Å². The summed E-state index contributed by atoms with van der Waals surface area (Å²) in [6, 6.07) is -0.460. The van der Waals surface area contributed by atoms with Crippen LogP contribution in [0.2, 0.25) is 0 Å². The van der Waals surface area contributed by atoms with E-state index in [4.69, 9.17) is 10.5 Å². The maximum absolute atomic E-state index is 11.8. The minimum atomic E-state index is -0.460. The van der Waals surface area contributed by atoms with Gasteiger partial charge < -0.3 is 15.4 Å². The van der Waals surface area contributed by atoms with Gasteiger partial charge in [-0.1, -0.05) is 20.8 Å². The summed E-state index contributed by atoms with van der Waals surface area (Å²) in [6.07, 6.45) is 1.57. The summed E-state index contributed by atoms with van der Waals surface area (Å²) in [7, 11) is 0. The quantitative estimate of drug-likeness (QED) is 0.743. The molecule has 0 aromatic carbocycles. The number of carbonyl (C=O) groups is 2. The summed E-state index contributed by atoms with van der Waals surface area (Å²) in [6.45, 7) is 7.46. The molecule has 1 fully saturated rings. The fourth-order valence-corrected chi connectivity index (χ4v) is 1.78. The number of esters is 1. The van der Waals surface area contributed by atoms with E-state index in [0.717, 1.165) is 12.8 Å². The number of piperidine rings is 1. The minimum absolute atomic E-state index is 0.0340. The average molecular weight is 242 g/mol. The van der Waals surface area contributed by atoms with Crippen LogP contribution in [0.5, 0.6) is 0 Å². The fraction of sp³-hybridized carbons (Fsp3) is 0.833. The van der Waals surface area contributed by atoms with Crippen molar-refractivity contribution in [3.63, 3.8) is 0 Å². The summed E-state index contributed by atoms with van der Waals surface area (Å²) in [4.78, 5) is 24.4. The van der Waals surface area contributed by atoms with Gasteiger partial charge in [-0.25, -0.2) is 4.79 Å². The van der Waals surface area contributed by atoms with Gasteiger partial charge in [-0.05, 0) is 18.3 Å². The molecule has 17 heavy (non-hydrogen) atoms. The Bertz CT molecular complexity index is 297. The van der Waals surface area contributed by atoms with Crippen molar-refractivity contribution in [2.75, 3.05) is 19.7 Å². The van der Waals surface area contributed by atoms with Crippen LogP contribution >= 0.6 is 0 Å². The van der Waals surface area contributed by atoms with Crippen LogP contribution in [0.4, 0.5) is 4.79 Å². The van der Waals surface area contributed by atoms with E-state index in [-0.39, 0.29) is 17.3 Å². The molecule has 0 aromatic heterocycles. The second-order valence-corrected chi connectivity index (χ2v) is 5.79. The molecule has 5 nitrogen and oxygen atoms in total. The Hall–Kier alpha value is -1.26. The molecule has 5 heteroatoms. The van der Waals surface area contributed by atoms with E-state index in [0.29, 0.717) is 19.7 Å². The van der Waals surface area contributed by atoms with Gasteiger partial charge in [0.1, 0.15) is 0 Å². The molecular weight excluding hydrogens is 220 g/mol. The molecule has 1 aliphatic heterocycles. The molecule has 1 aliphatic rings. The Morgan fingerprint density at radius 3 is 2.59 bits per heavy atom. The van der Waals surface area contributed by atoms with Crippen molar-refractivity contribution in [1.29, 1.82) is 0 Å². The number of nitrogens with two attached hydrogens (primary N) is 1. The lowest BCUT2D eigenvalue weighted by Crippen LogP contribution is -2.45. The van der Waals surface area contributed by atoms with Gasteiger partial charge in [-0.15, -0.1) is 0 Å². The van der Waals surface area contributed by atoms with E-state index in [2.05, 4.69) is 0 Å². The second kappa shape index (κ2) is 5.38. The van der Waals surface area contributed by atoms with E-state index in [1.54, 1.807) is 0 Å². The van der Waals surface area contributed by atoms with Gasteiger partial charge in [0.15, 0.2) is 0 Å². The van der Waals surface area contributed by atoms with Crippen molar-refractivity contribution >= 4 is 12.0 Å². The number of ether oxygens (including phenoxy) is 1. The zero-order valence-electron chi connectivity index (χ0n) is 10.9. The fourth-order valence-electron chi connectivity index (χ4n) is 1.78. The third-order valence-electron chi connectivity index (χ3n) is 2.71. The summed E-state index contributed by atoms with van der Waals surface area (Å²) in [5.74, 6) is -0.440. The van der Waals surface area contributed by atoms with Gasteiger partial charge in [-0.2, -0.15) is 0 Å². The molecule has 0 bridgehead atoms. The normalized spacial score (nSPS) is 21.1. The maximum Gasteiger partial charge on any atom is 0.314 e. The van der Waals surface area contributed by atoms with Crippen molar-refractivity contribution in [3.8, 4) is 0 Å². The monoisotopic (exact) mass is 242 g/mol. The third-order valence-corrected chi connectivity index (χ3v) is 2.71. The smallest absolute Gasteiger partial charge is 0.314 e. The van der Waals surface area contributed by atoms with Gasteiger partial charge in [-0.3, -0.25) is 4.79 Å². The first-order valence-electron chi connectivity index (χ1n) is 6.00. The van der Waals surface area contributed by atoms with Crippen LogP contribution in [0.1, 0.15) is 33.6 Å². The van der Waals surface area contributed by atoms with Crippen LogP contribution < -0.4 is 5.73 Å². The van der Waals surface area contributed by atoms with Gasteiger partial charge in [0, 0.05) is 13.1 Å². The SMILES string of the molecule is CC(C)(C)COC(=O)[C@H]1CCCN(C(N)=O)C1. The van der Waals surface area contributed by atoms with Crippen LogP contribution in [0.25, 0.3) is 0 Å². The highest BCUT2D eigenvalue weighted by Gasteiger charge is 2.29. The number of primary amides is 1. The Labute approximate surface area is 102 Å². The van der Waals surface area contributed by atoms with E-state index >= 15 is 0 Å². The summed E-state index contributed by atoms with van der Waals surface area (Å²) in [5.41, 5.74) is 5.17. The number of rotatable bonds is 2. The Kier molecular flexibility index (Phi) is 4.37. The summed E-state index contributed by atoms with van der Waals surface area (Å²) in [5, 5.41) is 0. The van der Waals surface area contributed by atoms with Crippen molar-refractivity contribution in [2.24, 2.45) is 17.1 Å². The molecule has 1 heterocycles. The minimum Gasteiger partial charge on any atom is -0.465 e. The number of hydrogen-bond donors (Lipinski definition) is 1. The average Bonchev–Trinajstić information content (AvgIpc) is 2.25. The number of urea groups is 1. The lowest BCUT2D eigenvalue weighted by atomic mass is 9.97. The number of nitrogens with zero attached hydrogens (tertiary/aromatic N) is 1. The number of likely N-dealkylation sites (tertiary alicyclic amines) is 1. The molecule has 1 rings (SSSR count). The molecule has 0 aromatic rings. The molecule has 0 spiro atoms. The lowest BCUT2D eigenvalue weighted by molar-refractivity contribution is -0.152. The van der Waals surface area contributed by atoms with Crippen LogP contribution in [0, 0.1) is 11.3 Å². The number of amides is 2. The standard InChI is InChI=1S/C12H22N2O3/c1-12(2,3)8-17-10(15)9-5-4-6-14(7-9)11(13)16/h9H,4-8H2,1-3H3,(H2,13,16)/t9-/m0/s1.